The lowest BCUT2D eigenvalue weighted by molar-refractivity contribution is 0.0600. The number of aryl methyl sites for hydroxylation is 2. The number of methoxy groups -OCH3 is 1. The molecule has 0 aliphatic carbocycles. The highest BCUT2D eigenvalue weighted by atomic mass is 35.5. The Bertz CT molecular complexity index is 833. The van der Waals surface area contributed by atoms with Gasteiger partial charge in [0.1, 0.15) is 10.7 Å². The number of carbonyl (C=O) groups is 1. The highest BCUT2D eigenvalue weighted by Gasteiger charge is 2.20. The fourth-order valence-electron chi connectivity index (χ4n) is 2.13. The number of ether oxygens (including phenoxy) is 1. The normalized spacial score (nSPS) is 11.5. The molecule has 0 atom stereocenters. The molecule has 9 heteroatoms. The first-order chi connectivity index (χ1) is 11.3. The van der Waals surface area contributed by atoms with Crippen molar-refractivity contribution in [1.29, 1.82) is 0 Å². The monoisotopic (exact) mass is 371 g/mol. The zero-order chi connectivity index (χ0) is 17.7. The first-order valence-corrected chi connectivity index (χ1v) is 9.06. The smallest absolute Gasteiger partial charge is 0.337 e. The van der Waals surface area contributed by atoms with E-state index in [4.69, 9.17) is 11.6 Å². The summed E-state index contributed by atoms with van der Waals surface area (Å²) in [6, 6.07) is 3.97. The number of rotatable bonds is 7. The molecule has 1 aromatic carbocycles. The van der Waals surface area contributed by atoms with Crippen LogP contribution in [0, 0.1) is 6.92 Å². The molecule has 7 nitrogen and oxygen atoms in total. The predicted molar refractivity (Wildman–Crippen MR) is 89.6 cm³/mol. The summed E-state index contributed by atoms with van der Waals surface area (Å²) in [6.07, 6.45) is 4.11. The fraction of sp³-hybridized carbons (Fsp3) is 0.333. The molecule has 1 aromatic heterocycles. The summed E-state index contributed by atoms with van der Waals surface area (Å²) >= 11 is 5.96. The van der Waals surface area contributed by atoms with Gasteiger partial charge in [-0.05, 0) is 31.5 Å². The van der Waals surface area contributed by atoms with Gasteiger partial charge in [0, 0.05) is 25.5 Å². The van der Waals surface area contributed by atoms with Gasteiger partial charge in [0.25, 0.3) is 0 Å². The lowest BCUT2D eigenvalue weighted by atomic mass is 10.2. The number of aromatic nitrogens is 2. The van der Waals surface area contributed by atoms with Crippen molar-refractivity contribution in [3.8, 4) is 0 Å². The Morgan fingerprint density at radius 2 is 2.17 bits per heavy atom. The lowest BCUT2D eigenvalue weighted by Crippen LogP contribution is -2.26. The molecule has 0 aliphatic heterocycles. The van der Waals surface area contributed by atoms with Crippen LogP contribution in [0.2, 0.25) is 5.02 Å². The zero-order valence-electron chi connectivity index (χ0n) is 13.3. The van der Waals surface area contributed by atoms with Crippen molar-refractivity contribution < 1.29 is 17.9 Å². The van der Waals surface area contributed by atoms with Gasteiger partial charge in [-0.2, -0.15) is 0 Å². The molecule has 0 unspecified atom stereocenters. The molecule has 0 saturated carbocycles. The molecule has 2 aromatic rings. The Morgan fingerprint density at radius 1 is 1.42 bits per heavy atom. The SMILES string of the molecule is COC(=O)c1ccc(Cl)c(S(=O)(=O)NCCCn2ccnc2C)c1. The van der Waals surface area contributed by atoms with E-state index in [1.165, 1.54) is 25.3 Å². The summed E-state index contributed by atoms with van der Waals surface area (Å²) in [5.41, 5.74) is 0.122. The minimum absolute atomic E-state index is 0.0422. The van der Waals surface area contributed by atoms with Gasteiger partial charge < -0.3 is 9.30 Å². The Hall–Kier alpha value is -1.90. The topological polar surface area (TPSA) is 90.3 Å². The molecule has 1 N–H and O–H groups in total. The van der Waals surface area contributed by atoms with Crippen molar-refractivity contribution in [2.75, 3.05) is 13.7 Å². The Labute approximate surface area is 145 Å². The van der Waals surface area contributed by atoms with Crippen LogP contribution in [0.5, 0.6) is 0 Å². The van der Waals surface area contributed by atoms with Crippen molar-refractivity contribution in [3.63, 3.8) is 0 Å². The molecule has 130 valence electrons. The van der Waals surface area contributed by atoms with Crippen LogP contribution in [0.1, 0.15) is 22.6 Å². The number of sulfonamides is 1. The number of benzene rings is 1. The molecule has 0 spiro atoms. The van der Waals surface area contributed by atoms with E-state index < -0.39 is 16.0 Å². The standard InChI is InChI=1S/C15H18ClN3O4S/c1-11-17-7-9-19(11)8-3-6-18-24(21,22)14-10-12(15(20)23-2)4-5-13(14)16/h4-5,7,9-10,18H,3,6,8H2,1-2H3. The summed E-state index contributed by atoms with van der Waals surface area (Å²) in [5.74, 6) is 0.241. The van der Waals surface area contributed by atoms with Gasteiger partial charge in [-0.3, -0.25) is 0 Å². The van der Waals surface area contributed by atoms with Gasteiger partial charge in [0.05, 0.1) is 17.7 Å². The van der Waals surface area contributed by atoms with E-state index >= 15 is 0 Å². The number of esters is 1. The van der Waals surface area contributed by atoms with Gasteiger partial charge >= 0.3 is 5.97 Å². The highest BCUT2D eigenvalue weighted by molar-refractivity contribution is 7.89. The molecule has 0 saturated heterocycles. The van der Waals surface area contributed by atoms with Crippen molar-refractivity contribution in [2.45, 2.75) is 24.8 Å². The molecule has 0 aliphatic rings. The van der Waals surface area contributed by atoms with Gasteiger partial charge in [0.15, 0.2) is 0 Å². The molecule has 1 heterocycles. The third kappa shape index (κ3) is 4.34. The summed E-state index contributed by atoms with van der Waals surface area (Å²) in [4.78, 5) is 15.5. The maximum Gasteiger partial charge on any atom is 0.337 e. The van der Waals surface area contributed by atoms with Gasteiger partial charge in [0.2, 0.25) is 10.0 Å². The van der Waals surface area contributed by atoms with Crippen LogP contribution in [-0.2, 0) is 21.3 Å². The molecule has 0 bridgehead atoms. The van der Waals surface area contributed by atoms with Gasteiger partial charge in [-0.25, -0.2) is 22.9 Å². The van der Waals surface area contributed by atoms with E-state index in [1.807, 2.05) is 17.7 Å². The third-order valence-electron chi connectivity index (χ3n) is 3.43. The predicted octanol–water partition coefficient (Wildman–Crippen LogP) is 2.00. The summed E-state index contributed by atoms with van der Waals surface area (Å²) in [6.45, 7) is 2.76. The second kappa shape index (κ2) is 7.78. The number of hydrogen-bond donors (Lipinski definition) is 1. The van der Waals surface area contributed by atoms with E-state index in [-0.39, 0.29) is 22.0 Å². The number of nitrogens with one attached hydrogen (secondary N) is 1. The lowest BCUT2D eigenvalue weighted by Gasteiger charge is -2.10. The third-order valence-corrected chi connectivity index (χ3v) is 5.38. The van der Waals surface area contributed by atoms with Crippen LogP contribution in [0.3, 0.4) is 0 Å². The summed E-state index contributed by atoms with van der Waals surface area (Å²) < 4.78 is 33.8. The maximum atomic E-state index is 12.4. The minimum atomic E-state index is -3.82. The molecule has 0 fully saturated rings. The zero-order valence-corrected chi connectivity index (χ0v) is 14.9. The molecular formula is C15H18ClN3O4S. The van der Waals surface area contributed by atoms with Crippen LogP contribution in [-0.4, -0.2) is 37.6 Å². The second-order valence-corrected chi connectivity index (χ2v) is 7.20. The summed E-state index contributed by atoms with van der Waals surface area (Å²) in [5, 5.41) is 0.0422. The Kier molecular flexibility index (Phi) is 5.98. The first-order valence-electron chi connectivity index (χ1n) is 7.20. The average Bonchev–Trinajstić information content (AvgIpc) is 2.96. The van der Waals surface area contributed by atoms with Gasteiger partial charge in [-0.1, -0.05) is 11.6 Å². The second-order valence-electron chi connectivity index (χ2n) is 5.06. The number of nitrogens with zero attached hydrogens (tertiary/aromatic N) is 2. The van der Waals surface area contributed by atoms with Crippen molar-refractivity contribution in [2.24, 2.45) is 0 Å². The van der Waals surface area contributed by atoms with Crippen molar-refractivity contribution in [3.05, 3.63) is 47.0 Å². The van der Waals surface area contributed by atoms with Crippen molar-refractivity contribution >= 4 is 27.6 Å². The molecule has 0 radical (unpaired) electrons. The van der Waals surface area contributed by atoms with E-state index in [9.17, 15) is 13.2 Å². The Morgan fingerprint density at radius 3 is 2.79 bits per heavy atom. The van der Waals surface area contributed by atoms with E-state index in [1.54, 1.807) is 6.20 Å². The molecule has 2 rings (SSSR count). The number of imidazole rings is 1. The van der Waals surface area contributed by atoms with E-state index in [0.717, 1.165) is 5.82 Å². The largest absolute Gasteiger partial charge is 0.465 e. The number of halogens is 1. The van der Waals surface area contributed by atoms with Crippen LogP contribution < -0.4 is 4.72 Å². The van der Waals surface area contributed by atoms with E-state index in [0.29, 0.717) is 13.0 Å². The van der Waals surface area contributed by atoms with Gasteiger partial charge in [-0.15, -0.1) is 0 Å². The van der Waals surface area contributed by atoms with Crippen LogP contribution in [0.15, 0.2) is 35.5 Å². The summed E-state index contributed by atoms with van der Waals surface area (Å²) in [7, 11) is -2.60. The van der Waals surface area contributed by atoms with Crippen LogP contribution >= 0.6 is 11.6 Å². The molecular weight excluding hydrogens is 354 g/mol. The average molecular weight is 372 g/mol. The molecule has 0 amide bonds. The van der Waals surface area contributed by atoms with Crippen LogP contribution in [0.4, 0.5) is 0 Å². The van der Waals surface area contributed by atoms with Crippen molar-refractivity contribution in [1.82, 2.24) is 14.3 Å². The first kappa shape index (κ1) is 18.4. The fourth-order valence-corrected chi connectivity index (χ4v) is 3.73. The Balaban J connectivity index is 2.04. The maximum absolute atomic E-state index is 12.4. The van der Waals surface area contributed by atoms with E-state index in [2.05, 4.69) is 14.4 Å². The number of hydrogen-bond acceptors (Lipinski definition) is 5. The highest BCUT2D eigenvalue weighted by Crippen LogP contribution is 2.23. The number of carbonyl (C=O) groups excluding carboxylic acids is 1. The molecule has 24 heavy (non-hydrogen) atoms. The minimum Gasteiger partial charge on any atom is -0.465 e. The quantitative estimate of drug-likeness (QED) is 0.593. The van der Waals surface area contributed by atoms with Crippen LogP contribution in [0.25, 0.3) is 0 Å².